The molecule has 3 aliphatic rings. The third-order valence-corrected chi connectivity index (χ3v) is 6.99. The largest absolute Gasteiger partial charge is 0.340 e. The molecule has 8 nitrogen and oxygen atoms in total. The Labute approximate surface area is 191 Å². The zero-order valence-corrected chi connectivity index (χ0v) is 18.3. The Kier molecular flexibility index (Phi) is 5.05. The van der Waals surface area contributed by atoms with E-state index in [9.17, 15) is 9.18 Å². The molecule has 6 rings (SSSR count). The predicted octanol–water partition coefficient (Wildman–Crippen LogP) is 2.24. The number of hydrogen-bond acceptors (Lipinski definition) is 6. The van der Waals surface area contributed by atoms with Crippen LogP contribution in [0.25, 0.3) is 11.4 Å². The number of anilines is 1. The van der Waals surface area contributed by atoms with Crippen molar-refractivity contribution in [1.29, 1.82) is 0 Å². The fourth-order valence-corrected chi connectivity index (χ4v) is 5.42. The summed E-state index contributed by atoms with van der Waals surface area (Å²) in [6.07, 6.45) is 5.30. The lowest BCUT2D eigenvalue weighted by atomic mass is 10.1. The molecule has 5 heterocycles. The summed E-state index contributed by atoms with van der Waals surface area (Å²) in [7, 11) is 0. The second kappa shape index (κ2) is 8.22. The summed E-state index contributed by atoms with van der Waals surface area (Å²) in [6, 6.07) is 10.6. The number of likely N-dealkylation sites (tertiary alicyclic amines) is 1. The number of carbonyl (C=O) groups is 1. The molecule has 1 amide bonds. The second-order valence-electron chi connectivity index (χ2n) is 9.13. The van der Waals surface area contributed by atoms with Gasteiger partial charge in [0.2, 0.25) is 11.9 Å². The summed E-state index contributed by atoms with van der Waals surface area (Å²) >= 11 is 0. The van der Waals surface area contributed by atoms with Crippen molar-refractivity contribution in [3.05, 3.63) is 59.9 Å². The Morgan fingerprint density at radius 1 is 1.09 bits per heavy atom. The summed E-state index contributed by atoms with van der Waals surface area (Å²) in [5.41, 5.74) is 3.15. The zero-order chi connectivity index (χ0) is 22.4. The number of fused-ring (bicyclic) bond motifs is 3. The number of nitrogens with one attached hydrogen (secondary N) is 1. The van der Waals surface area contributed by atoms with Crippen LogP contribution in [0.3, 0.4) is 0 Å². The highest BCUT2D eigenvalue weighted by Gasteiger charge is 2.42. The molecule has 170 valence electrons. The Morgan fingerprint density at radius 3 is 2.55 bits per heavy atom. The number of hydrogen-bond donors (Lipinski definition) is 1. The lowest BCUT2D eigenvalue weighted by molar-refractivity contribution is -0.133. The molecular formula is C24H26FN7O. The predicted molar refractivity (Wildman–Crippen MR) is 121 cm³/mol. The van der Waals surface area contributed by atoms with E-state index in [1.807, 2.05) is 35.2 Å². The molecule has 2 saturated heterocycles. The van der Waals surface area contributed by atoms with Gasteiger partial charge in [-0.25, -0.2) is 19.3 Å². The maximum absolute atomic E-state index is 13.2. The van der Waals surface area contributed by atoms with E-state index in [0.717, 1.165) is 55.1 Å². The summed E-state index contributed by atoms with van der Waals surface area (Å²) < 4.78 is 13.2. The average molecular weight is 448 g/mol. The van der Waals surface area contributed by atoms with Crippen molar-refractivity contribution >= 4 is 11.9 Å². The normalized spacial score (nSPS) is 22.5. The van der Waals surface area contributed by atoms with E-state index in [1.54, 1.807) is 0 Å². The van der Waals surface area contributed by atoms with Gasteiger partial charge in [-0.15, -0.1) is 0 Å². The Bertz CT molecular complexity index is 1140. The molecule has 2 bridgehead atoms. The molecule has 9 heteroatoms. The molecule has 0 saturated carbocycles. The average Bonchev–Trinajstić information content (AvgIpc) is 3.38. The van der Waals surface area contributed by atoms with Crippen molar-refractivity contribution in [2.24, 2.45) is 0 Å². The van der Waals surface area contributed by atoms with E-state index < -0.39 is 5.82 Å². The van der Waals surface area contributed by atoms with Gasteiger partial charge in [0.25, 0.3) is 0 Å². The van der Waals surface area contributed by atoms with Gasteiger partial charge in [0.15, 0.2) is 5.82 Å². The number of aromatic nitrogens is 4. The van der Waals surface area contributed by atoms with E-state index in [0.29, 0.717) is 25.6 Å². The molecule has 3 aromatic rings. The highest BCUT2D eigenvalue weighted by atomic mass is 19.1. The van der Waals surface area contributed by atoms with Crippen LogP contribution in [0.15, 0.2) is 42.7 Å². The first kappa shape index (κ1) is 20.3. The maximum atomic E-state index is 13.2. The number of carbonyl (C=O) groups excluding carboxylic acids is 1. The first-order valence-electron chi connectivity index (χ1n) is 11.5. The van der Waals surface area contributed by atoms with Gasteiger partial charge < -0.3 is 14.8 Å². The van der Waals surface area contributed by atoms with Gasteiger partial charge in [-0.1, -0.05) is 30.3 Å². The molecule has 3 aliphatic heterocycles. The number of halogens is 1. The van der Waals surface area contributed by atoms with Crippen molar-refractivity contribution in [3.63, 3.8) is 0 Å². The zero-order valence-electron chi connectivity index (χ0n) is 18.3. The minimum Gasteiger partial charge on any atom is -0.340 e. The van der Waals surface area contributed by atoms with Gasteiger partial charge in [0.1, 0.15) is 5.82 Å². The van der Waals surface area contributed by atoms with Crippen LogP contribution in [0.2, 0.25) is 0 Å². The van der Waals surface area contributed by atoms with Gasteiger partial charge in [0, 0.05) is 43.7 Å². The molecule has 1 N–H and O–H groups in total. The third kappa shape index (κ3) is 3.86. The van der Waals surface area contributed by atoms with Gasteiger partial charge in [0.05, 0.1) is 36.9 Å². The molecule has 0 spiro atoms. The van der Waals surface area contributed by atoms with Gasteiger partial charge in [-0.3, -0.25) is 9.69 Å². The molecule has 1 aromatic carbocycles. The van der Waals surface area contributed by atoms with Crippen molar-refractivity contribution < 1.29 is 9.18 Å². The number of piperazine rings is 1. The summed E-state index contributed by atoms with van der Waals surface area (Å²) in [5.74, 6) is 1.19. The molecule has 2 unspecified atom stereocenters. The number of benzene rings is 1. The van der Waals surface area contributed by atoms with Gasteiger partial charge in [-0.2, -0.15) is 0 Å². The molecule has 33 heavy (non-hydrogen) atoms. The number of nitrogens with zero attached hydrogens (tertiary/aromatic N) is 6. The quantitative estimate of drug-likeness (QED) is 0.661. The Hall–Kier alpha value is -3.33. The van der Waals surface area contributed by atoms with E-state index >= 15 is 0 Å². The number of rotatable bonds is 4. The van der Waals surface area contributed by atoms with Crippen molar-refractivity contribution in [3.8, 4) is 11.4 Å². The van der Waals surface area contributed by atoms with E-state index in [-0.39, 0.29) is 18.0 Å². The smallest absolute Gasteiger partial charge is 0.237 e. The lowest BCUT2D eigenvalue weighted by Crippen LogP contribution is -2.56. The minimum atomic E-state index is -0.423. The molecule has 2 fully saturated rings. The molecule has 0 radical (unpaired) electrons. The highest BCUT2D eigenvalue weighted by Crippen LogP contribution is 2.33. The number of imidazole rings is 1. The fraction of sp³-hybridized carbons (Fsp3) is 0.417. The van der Waals surface area contributed by atoms with Crippen molar-refractivity contribution in [1.82, 2.24) is 29.7 Å². The summed E-state index contributed by atoms with van der Waals surface area (Å²) in [6.45, 7) is 3.28. The first-order valence-corrected chi connectivity index (χ1v) is 11.5. The lowest BCUT2D eigenvalue weighted by Gasteiger charge is -2.41. The maximum Gasteiger partial charge on any atom is 0.237 e. The Balaban J connectivity index is 1.10. The monoisotopic (exact) mass is 447 g/mol. The number of amides is 1. The Morgan fingerprint density at radius 2 is 1.82 bits per heavy atom. The minimum absolute atomic E-state index is 0.155. The van der Waals surface area contributed by atoms with Crippen molar-refractivity contribution in [2.75, 3.05) is 31.1 Å². The van der Waals surface area contributed by atoms with Gasteiger partial charge >= 0.3 is 0 Å². The van der Waals surface area contributed by atoms with Crippen LogP contribution in [0.5, 0.6) is 0 Å². The van der Waals surface area contributed by atoms with E-state index in [1.165, 1.54) is 12.4 Å². The van der Waals surface area contributed by atoms with Crippen LogP contribution in [0, 0.1) is 5.82 Å². The standard InChI is InChI=1S/C24H26FN7O/c25-17-10-26-24(27-11-17)32-18-6-7-19(32)13-30(12-18)15-22(33)31-9-8-20-21(14-31)29-23(28-20)16-4-2-1-3-5-16/h1-5,10-11,18-19H,6-9,12-15H2,(H,28,29). The van der Waals surface area contributed by atoms with Crippen LogP contribution in [0.1, 0.15) is 24.2 Å². The van der Waals surface area contributed by atoms with Crippen molar-refractivity contribution in [2.45, 2.75) is 37.9 Å². The molecule has 2 atom stereocenters. The van der Waals surface area contributed by atoms with Crippen LogP contribution >= 0.6 is 0 Å². The van der Waals surface area contributed by atoms with Crippen LogP contribution < -0.4 is 4.90 Å². The topological polar surface area (TPSA) is 81.2 Å². The van der Waals surface area contributed by atoms with E-state index in [4.69, 9.17) is 4.98 Å². The van der Waals surface area contributed by atoms with Crippen LogP contribution in [-0.4, -0.2) is 73.9 Å². The van der Waals surface area contributed by atoms with Crippen LogP contribution in [0.4, 0.5) is 10.3 Å². The second-order valence-corrected chi connectivity index (χ2v) is 9.13. The molecular weight excluding hydrogens is 421 g/mol. The van der Waals surface area contributed by atoms with E-state index in [2.05, 4.69) is 24.8 Å². The summed E-state index contributed by atoms with van der Waals surface area (Å²) in [5, 5.41) is 0. The van der Waals surface area contributed by atoms with Gasteiger partial charge in [-0.05, 0) is 12.8 Å². The summed E-state index contributed by atoms with van der Waals surface area (Å²) in [4.78, 5) is 36.1. The fourth-order valence-electron chi connectivity index (χ4n) is 5.42. The molecule has 2 aromatic heterocycles. The SMILES string of the molecule is O=C(CN1CC2CCC(C1)N2c1ncc(F)cn1)N1CCc2nc(-c3ccccc3)[nH]c2C1. The highest BCUT2D eigenvalue weighted by molar-refractivity contribution is 5.78. The molecule has 0 aliphatic carbocycles. The van der Waals surface area contributed by atoms with Crippen LogP contribution in [-0.2, 0) is 17.8 Å². The number of H-pyrrole nitrogens is 1. The third-order valence-electron chi connectivity index (χ3n) is 6.99. The number of aromatic amines is 1. The first-order chi connectivity index (χ1) is 16.1.